The van der Waals surface area contributed by atoms with Gasteiger partial charge in [0.15, 0.2) is 6.10 Å². The molecule has 6 heteroatoms. The van der Waals surface area contributed by atoms with Crippen LogP contribution in [0.5, 0.6) is 5.75 Å². The zero-order chi connectivity index (χ0) is 14.3. The van der Waals surface area contributed by atoms with Gasteiger partial charge in [-0.25, -0.2) is 4.79 Å². The van der Waals surface area contributed by atoms with Crippen molar-refractivity contribution in [1.82, 2.24) is 5.32 Å². The molecule has 0 saturated carbocycles. The Morgan fingerprint density at radius 3 is 2.74 bits per heavy atom. The van der Waals surface area contributed by atoms with E-state index in [9.17, 15) is 9.59 Å². The number of aliphatic carboxylic acids is 1. The van der Waals surface area contributed by atoms with Crippen LogP contribution in [0.15, 0.2) is 36.9 Å². The maximum absolute atomic E-state index is 11.8. The molecule has 0 aromatic heterocycles. The van der Waals surface area contributed by atoms with Gasteiger partial charge in [-0.2, -0.15) is 0 Å². The summed E-state index contributed by atoms with van der Waals surface area (Å²) in [6.07, 6.45) is -0.0896. The predicted octanol–water partition coefficient (Wildman–Crippen LogP) is 0.427. The summed E-state index contributed by atoms with van der Waals surface area (Å²) >= 11 is 0. The highest BCUT2D eigenvalue weighted by Gasteiger charge is 2.16. The Hall–Kier alpha value is -2.34. The minimum atomic E-state index is -1.63. The van der Waals surface area contributed by atoms with Gasteiger partial charge in [0, 0.05) is 0 Å². The number of rotatable bonds is 7. The van der Waals surface area contributed by atoms with E-state index in [0.717, 1.165) is 0 Å². The first-order valence-electron chi connectivity index (χ1n) is 5.58. The van der Waals surface area contributed by atoms with Crippen molar-refractivity contribution < 1.29 is 24.5 Å². The van der Waals surface area contributed by atoms with E-state index in [2.05, 4.69) is 11.9 Å². The van der Waals surface area contributed by atoms with Gasteiger partial charge in [0.1, 0.15) is 12.4 Å². The summed E-state index contributed by atoms with van der Waals surface area (Å²) in [5.41, 5.74) is 0.266. The Balaban J connectivity index is 2.70. The molecule has 0 bridgehead atoms. The van der Waals surface area contributed by atoms with Crippen LogP contribution >= 0.6 is 0 Å². The fourth-order valence-corrected chi connectivity index (χ4v) is 1.30. The Labute approximate surface area is 110 Å². The van der Waals surface area contributed by atoms with E-state index in [-0.39, 0.29) is 18.7 Å². The second kappa shape index (κ2) is 7.17. The van der Waals surface area contributed by atoms with E-state index in [1.165, 1.54) is 0 Å². The van der Waals surface area contributed by atoms with Crippen molar-refractivity contribution in [2.45, 2.75) is 6.10 Å². The molecule has 0 saturated heterocycles. The van der Waals surface area contributed by atoms with E-state index in [1.54, 1.807) is 30.3 Å². The highest BCUT2D eigenvalue weighted by atomic mass is 16.5. The molecule has 1 aromatic carbocycles. The molecule has 0 aliphatic heterocycles. The Morgan fingerprint density at radius 2 is 2.11 bits per heavy atom. The van der Waals surface area contributed by atoms with Crippen LogP contribution in [0.2, 0.25) is 0 Å². The van der Waals surface area contributed by atoms with E-state index in [1.807, 2.05) is 0 Å². The molecule has 102 valence electrons. The summed E-state index contributed by atoms with van der Waals surface area (Å²) in [6.45, 7) is 3.39. The van der Waals surface area contributed by atoms with Crippen LogP contribution in [-0.2, 0) is 4.79 Å². The SMILES string of the molecule is C=CCOc1ccccc1C(=O)NCC(O)C(=O)O. The first-order chi connectivity index (χ1) is 9.06. The maximum Gasteiger partial charge on any atom is 0.334 e. The van der Waals surface area contributed by atoms with Crippen molar-refractivity contribution >= 4 is 11.9 Å². The lowest BCUT2D eigenvalue weighted by molar-refractivity contribution is -0.146. The Bertz CT molecular complexity index is 472. The average Bonchev–Trinajstić information content (AvgIpc) is 2.42. The van der Waals surface area contributed by atoms with Gasteiger partial charge >= 0.3 is 5.97 Å². The number of hydrogen-bond acceptors (Lipinski definition) is 4. The number of carboxylic acids is 1. The molecule has 0 fully saturated rings. The molecule has 1 atom stereocenters. The zero-order valence-corrected chi connectivity index (χ0v) is 10.2. The number of amides is 1. The minimum Gasteiger partial charge on any atom is -0.489 e. The number of aliphatic hydroxyl groups excluding tert-OH is 1. The van der Waals surface area contributed by atoms with Crippen LogP contribution in [0.4, 0.5) is 0 Å². The smallest absolute Gasteiger partial charge is 0.334 e. The van der Waals surface area contributed by atoms with Crippen molar-refractivity contribution in [2.24, 2.45) is 0 Å². The molecule has 6 nitrogen and oxygen atoms in total. The molecule has 1 rings (SSSR count). The van der Waals surface area contributed by atoms with Gasteiger partial charge in [-0.15, -0.1) is 0 Å². The molecule has 1 amide bonds. The molecule has 3 N–H and O–H groups in total. The molecular weight excluding hydrogens is 250 g/mol. The van der Waals surface area contributed by atoms with Crippen molar-refractivity contribution in [3.05, 3.63) is 42.5 Å². The Kier molecular flexibility index (Phi) is 5.56. The summed E-state index contributed by atoms with van der Waals surface area (Å²) in [5, 5.41) is 19.9. The average molecular weight is 265 g/mol. The number of carbonyl (C=O) groups excluding carboxylic acids is 1. The summed E-state index contributed by atoms with van der Waals surface area (Å²) in [6, 6.07) is 6.53. The normalized spacial score (nSPS) is 11.4. The molecule has 1 unspecified atom stereocenters. The molecule has 0 spiro atoms. The number of para-hydroxylation sites is 1. The first kappa shape index (κ1) is 14.7. The maximum atomic E-state index is 11.8. The third-order valence-electron chi connectivity index (χ3n) is 2.23. The number of ether oxygens (including phenoxy) is 1. The second-order valence-corrected chi connectivity index (χ2v) is 3.66. The van der Waals surface area contributed by atoms with Crippen LogP contribution in [0.3, 0.4) is 0 Å². The molecule has 0 aliphatic rings. The van der Waals surface area contributed by atoms with Gasteiger partial charge in [0.25, 0.3) is 5.91 Å². The van der Waals surface area contributed by atoms with E-state index >= 15 is 0 Å². The number of carboxylic acid groups (broad SMARTS) is 1. The fourth-order valence-electron chi connectivity index (χ4n) is 1.30. The first-order valence-corrected chi connectivity index (χ1v) is 5.58. The van der Waals surface area contributed by atoms with E-state index in [4.69, 9.17) is 14.9 Å². The third kappa shape index (κ3) is 4.44. The standard InChI is InChI=1S/C13H15NO5/c1-2-7-19-11-6-4-3-5-9(11)12(16)14-8-10(15)13(17)18/h2-6,10,15H,1,7-8H2,(H,14,16)(H,17,18). The molecule has 0 heterocycles. The lowest BCUT2D eigenvalue weighted by Gasteiger charge is -2.11. The van der Waals surface area contributed by atoms with Gasteiger partial charge in [-0.05, 0) is 12.1 Å². The third-order valence-corrected chi connectivity index (χ3v) is 2.23. The van der Waals surface area contributed by atoms with Gasteiger partial charge < -0.3 is 20.3 Å². The van der Waals surface area contributed by atoms with Crippen LogP contribution in [0, 0.1) is 0 Å². The fraction of sp³-hybridized carbons (Fsp3) is 0.231. The topological polar surface area (TPSA) is 95.9 Å². The van der Waals surface area contributed by atoms with Crippen LogP contribution < -0.4 is 10.1 Å². The van der Waals surface area contributed by atoms with Crippen molar-refractivity contribution in [1.29, 1.82) is 0 Å². The minimum absolute atomic E-state index is 0.252. The van der Waals surface area contributed by atoms with Crippen LogP contribution in [-0.4, -0.2) is 41.3 Å². The van der Waals surface area contributed by atoms with Crippen LogP contribution in [0.1, 0.15) is 10.4 Å². The quantitative estimate of drug-likeness (QED) is 0.621. The van der Waals surface area contributed by atoms with Gasteiger partial charge in [0.05, 0.1) is 12.1 Å². The number of nitrogens with one attached hydrogen (secondary N) is 1. The highest BCUT2D eigenvalue weighted by Crippen LogP contribution is 2.17. The number of carbonyl (C=O) groups is 2. The highest BCUT2D eigenvalue weighted by molar-refractivity contribution is 5.97. The summed E-state index contributed by atoms with van der Waals surface area (Å²) in [5.74, 6) is -1.54. The van der Waals surface area contributed by atoms with E-state index in [0.29, 0.717) is 5.75 Å². The summed E-state index contributed by atoms with van der Waals surface area (Å²) in [7, 11) is 0. The molecule has 1 aromatic rings. The molecule has 19 heavy (non-hydrogen) atoms. The largest absolute Gasteiger partial charge is 0.489 e. The lowest BCUT2D eigenvalue weighted by atomic mass is 10.2. The van der Waals surface area contributed by atoms with Crippen molar-refractivity contribution in [2.75, 3.05) is 13.2 Å². The van der Waals surface area contributed by atoms with Gasteiger partial charge in [-0.1, -0.05) is 24.8 Å². The second-order valence-electron chi connectivity index (χ2n) is 3.66. The number of aliphatic hydroxyl groups is 1. The van der Waals surface area contributed by atoms with Gasteiger partial charge in [-0.3, -0.25) is 4.79 Å². The van der Waals surface area contributed by atoms with Gasteiger partial charge in [0.2, 0.25) is 0 Å². The summed E-state index contributed by atoms with van der Waals surface area (Å²) in [4.78, 5) is 22.3. The molecule has 0 radical (unpaired) electrons. The number of benzene rings is 1. The van der Waals surface area contributed by atoms with Crippen molar-refractivity contribution in [3.63, 3.8) is 0 Å². The van der Waals surface area contributed by atoms with E-state index < -0.39 is 18.0 Å². The molecular formula is C13H15NO5. The summed E-state index contributed by atoms with van der Waals surface area (Å²) < 4.78 is 5.30. The lowest BCUT2D eigenvalue weighted by Crippen LogP contribution is -2.36. The predicted molar refractivity (Wildman–Crippen MR) is 68.1 cm³/mol. The molecule has 0 aliphatic carbocycles. The Morgan fingerprint density at radius 1 is 1.42 bits per heavy atom. The monoisotopic (exact) mass is 265 g/mol. The number of hydrogen-bond donors (Lipinski definition) is 3. The zero-order valence-electron chi connectivity index (χ0n) is 10.2. The van der Waals surface area contributed by atoms with Crippen LogP contribution in [0.25, 0.3) is 0 Å². The van der Waals surface area contributed by atoms with Crippen molar-refractivity contribution in [3.8, 4) is 5.75 Å².